The molecule has 3 aromatic rings. The lowest BCUT2D eigenvalue weighted by Gasteiger charge is -2.08. The van der Waals surface area contributed by atoms with Crippen molar-refractivity contribution in [2.75, 3.05) is 6.61 Å². The van der Waals surface area contributed by atoms with Crippen LogP contribution in [0.1, 0.15) is 16.1 Å². The van der Waals surface area contributed by atoms with Crippen LogP contribution < -0.4 is 16.4 Å². The van der Waals surface area contributed by atoms with Crippen LogP contribution in [0, 0.1) is 10.1 Å². The van der Waals surface area contributed by atoms with E-state index in [9.17, 15) is 29.3 Å². The van der Waals surface area contributed by atoms with Crippen molar-refractivity contribution in [2.24, 2.45) is 0 Å². The van der Waals surface area contributed by atoms with Gasteiger partial charge >= 0.3 is 5.97 Å². The number of hydrogen-bond acceptors (Lipinski definition) is 8. The normalized spacial score (nSPS) is 10.3. The van der Waals surface area contributed by atoms with Crippen molar-refractivity contribution in [1.29, 1.82) is 0 Å². The molecule has 31 heavy (non-hydrogen) atoms. The zero-order valence-corrected chi connectivity index (χ0v) is 15.8. The SMILES string of the molecule is O=C(COC(=O)Cc1n[nH]c(=O)c2ccccc12)NNC(=O)c1ccc([N+](=O)[O-])cc1. The van der Waals surface area contributed by atoms with E-state index in [1.807, 2.05) is 0 Å². The van der Waals surface area contributed by atoms with E-state index < -0.39 is 34.9 Å². The topological polar surface area (TPSA) is 173 Å². The van der Waals surface area contributed by atoms with Gasteiger partial charge in [-0.1, -0.05) is 18.2 Å². The monoisotopic (exact) mass is 425 g/mol. The van der Waals surface area contributed by atoms with Crippen LogP contribution in [-0.4, -0.2) is 39.5 Å². The molecule has 1 aromatic heterocycles. The van der Waals surface area contributed by atoms with Crippen LogP contribution in [0.2, 0.25) is 0 Å². The Kier molecular flexibility index (Phi) is 6.30. The molecular formula is C19H15N5O7. The molecule has 0 saturated carbocycles. The van der Waals surface area contributed by atoms with Crippen molar-refractivity contribution in [1.82, 2.24) is 21.0 Å². The first-order valence-corrected chi connectivity index (χ1v) is 8.80. The molecule has 2 amide bonds. The minimum Gasteiger partial charge on any atom is -0.455 e. The summed E-state index contributed by atoms with van der Waals surface area (Å²) in [5.74, 6) is -2.28. The van der Waals surface area contributed by atoms with Crippen molar-refractivity contribution < 1.29 is 24.0 Å². The Balaban J connectivity index is 1.49. The van der Waals surface area contributed by atoms with E-state index in [1.54, 1.807) is 24.3 Å². The van der Waals surface area contributed by atoms with Crippen molar-refractivity contribution in [3.8, 4) is 0 Å². The highest BCUT2D eigenvalue weighted by molar-refractivity contribution is 5.95. The number of benzene rings is 2. The van der Waals surface area contributed by atoms with Gasteiger partial charge in [0.05, 0.1) is 22.4 Å². The zero-order chi connectivity index (χ0) is 22.4. The highest BCUT2D eigenvalue weighted by Gasteiger charge is 2.14. The number of ether oxygens (including phenoxy) is 1. The molecule has 3 N–H and O–H groups in total. The third kappa shape index (κ3) is 5.26. The van der Waals surface area contributed by atoms with E-state index in [2.05, 4.69) is 21.0 Å². The maximum Gasteiger partial charge on any atom is 0.312 e. The van der Waals surface area contributed by atoms with Crippen LogP contribution in [-0.2, 0) is 20.7 Å². The quantitative estimate of drug-likeness (QED) is 0.289. The number of amides is 2. The number of nitro groups is 1. The number of carbonyl (C=O) groups is 3. The van der Waals surface area contributed by atoms with E-state index in [0.717, 1.165) is 12.1 Å². The molecule has 0 unspecified atom stereocenters. The number of carbonyl (C=O) groups excluding carboxylic acids is 3. The highest BCUT2D eigenvalue weighted by atomic mass is 16.6. The van der Waals surface area contributed by atoms with Gasteiger partial charge in [0, 0.05) is 23.1 Å². The number of aromatic nitrogens is 2. The predicted octanol–water partition coefficient (Wildman–Crippen LogP) is 0.378. The summed E-state index contributed by atoms with van der Waals surface area (Å²) >= 11 is 0. The van der Waals surface area contributed by atoms with Gasteiger partial charge in [-0.2, -0.15) is 5.10 Å². The number of esters is 1. The number of hydrazine groups is 1. The number of rotatable bonds is 6. The predicted molar refractivity (Wildman–Crippen MR) is 106 cm³/mol. The summed E-state index contributed by atoms with van der Waals surface area (Å²) in [6, 6.07) is 11.3. The van der Waals surface area contributed by atoms with Crippen LogP contribution in [0.15, 0.2) is 53.3 Å². The van der Waals surface area contributed by atoms with Crippen molar-refractivity contribution in [3.63, 3.8) is 0 Å². The van der Waals surface area contributed by atoms with Crippen molar-refractivity contribution >= 4 is 34.2 Å². The average Bonchev–Trinajstić information content (AvgIpc) is 2.78. The van der Waals surface area contributed by atoms with Crippen molar-refractivity contribution in [2.45, 2.75) is 6.42 Å². The maximum atomic E-state index is 12.0. The minimum atomic E-state index is -0.803. The van der Waals surface area contributed by atoms with Gasteiger partial charge in [0.25, 0.3) is 23.1 Å². The van der Waals surface area contributed by atoms with E-state index in [1.165, 1.54) is 12.1 Å². The summed E-state index contributed by atoms with van der Waals surface area (Å²) in [6.45, 7) is -0.666. The first-order valence-electron chi connectivity index (χ1n) is 8.80. The summed E-state index contributed by atoms with van der Waals surface area (Å²) in [7, 11) is 0. The molecule has 0 fully saturated rings. The molecule has 158 valence electrons. The molecule has 12 heteroatoms. The summed E-state index contributed by atoms with van der Waals surface area (Å²) in [4.78, 5) is 57.5. The molecular weight excluding hydrogens is 410 g/mol. The van der Waals surface area contributed by atoms with E-state index in [0.29, 0.717) is 10.8 Å². The van der Waals surface area contributed by atoms with Gasteiger partial charge in [0.1, 0.15) is 0 Å². The number of H-pyrrole nitrogens is 1. The van der Waals surface area contributed by atoms with Gasteiger partial charge in [0.2, 0.25) is 0 Å². The lowest BCUT2D eigenvalue weighted by Crippen LogP contribution is -2.43. The van der Waals surface area contributed by atoms with E-state index in [4.69, 9.17) is 4.74 Å². The largest absolute Gasteiger partial charge is 0.455 e. The Labute approximate surface area is 173 Å². The van der Waals surface area contributed by atoms with E-state index in [-0.39, 0.29) is 23.4 Å². The molecule has 2 aromatic carbocycles. The summed E-state index contributed by atoms with van der Waals surface area (Å²) in [5, 5.41) is 17.6. The average molecular weight is 425 g/mol. The minimum absolute atomic E-state index is 0.0823. The number of non-ortho nitro benzene ring substituents is 1. The Morgan fingerprint density at radius 3 is 2.39 bits per heavy atom. The fourth-order valence-corrected chi connectivity index (χ4v) is 2.61. The number of aromatic amines is 1. The first-order chi connectivity index (χ1) is 14.8. The second-order valence-corrected chi connectivity index (χ2v) is 6.19. The van der Waals surface area contributed by atoms with Crippen LogP contribution in [0.4, 0.5) is 5.69 Å². The molecule has 0 aliphatic rings. The molecule has 1 heterocycles. The Hall–Kier alpha value is -4.61. The van der Waals surface area contributed by atoms with Gasteiger partial charge in [-0.15, -0.1) is 0 Å². The van der Waals surface area contributed by atoms with Crippen molar-refractivity contribution in [3.05, 3.63) is 80.3 Å². The van der Waals surface area contributed by atoms with Gasteiger partial charge < -0.3 is 4.74 Å². The molecule has 0 atom stereocenters. The fraction of sp³-hybridized carbons (Fsp3) is 0.105. The molecule has 12 nitrogen and oxygen atoms in total. The van der Waals surface area contributed by atoms with Gasteiger partial charge in [0.15, 0.2) is 6.61 Å². The number of nitro benzene ring substituents is 1. The molecule has 0 saturated heterocycles. The second kappa shape index (κ2) is 9.26. The number of nitrogens with zero attached hydrogens (tertiary/aromatic N) is 2. The van der Waals surface area contributed by atoms with Crippen LogP contribution in [0.3, 0.4) is 0 Å². The summed E-state index contributed by atoms with van der Waals surface area (Å²) in [5.41, 5.74) is 3.95. The maximum absolute atomic E-state index is 12.0. The molecule has 3 rings (SSSR count). The number of nitrogens with one attached hydrogen (secondary N) is 3. The summed E-state index contributed by atoms with van der Waals surface area (Å²) < 4.78 is 4.86. The Morgan fingerprint density at radius 1 is 1.03 bits per heavy atom. The molecule has 0 bridgehead atoms. The third-order valence-corrected chi connectivity index (χ3v) is 4.11. The number of hydrogen-bond donors (Lipinski definition) is 3. The molecule has 0 radical (unpaired) electrons. The lowest BCUT2D eigenvalue weighted by molar-refractivity contribution is -0.384. The van der Waals surface area contributed by atoms with Gasteiger partial charge in [-0.3, -0.25) is 40.1 Å². The number of fused-ring (bicyclic) bond motifs is 1. The molecule has 0 spiro atoms. The second-order valence-electron chi connectivity index (χ2n) is 6.19. The summed E-state index contributed by atoms with van der Waals surface area (Å²) in [6.07, 6.45) is -0.278. The smallest absolute Gasteiger partial charge is 0.312 e. The lowest BCUT2D eigenvalue weighted by atomic mass is 10.1. The Morgan fingerprint density at radius 2 is 1.71 bits per heavy atom. The fourth-order valence-electron chi connectivity index (χ4n) is 2.61. The van der Waals surface area contributed by atoms with Gasteiger partial charge in [-0.05, 0) is 18.2 Å². The standard InChI is InChI=1S/C19H15N5O7/c25-16(21-22-18(27)11-5-7-12(8-6-11)24(29)30)10-31-17(26)9-15-13-3-1-2-4-14(13)19(28)23-20-15/h1-8H,9-10H2,(H,21,25)(H,22,27)(H,23,28). The molecule has 0 aliphatic heterocycles. The third-order valence-electron chi connectivity index (χ3n) is 4.11. The van der Waals surface area contributed by atoms with Gasteiger partial charge in [-0.25, -0.2) is 5.10 Å². The van der Waals surface area contributed by atoms with Crippen LogP contribution in [0.5, 0.6) is 0 Å². The Bertz CT molecular complexity index is 1220. The zero-order valence-electron chi connectivity index (χ0n) is 15.8. The van der Waals surface area contributed by atoms with Crippen LogP contribution in [0.25, 0.3) is 10.8 Å². The first kappa shape index (κ1) is 21.1. The highest BCUT2D eigenvalue weighted by Crippen LogP contribution is 2.13. The van der Waals surface area contributed by atoms with Crippen LogP contribution >= 0.6 is 0 Å². The van der Waals surface area contributed by atoms with E-state index >= 15 is 0 Å². The molecule has 0 aliphatic carbocycles.